The number of benzene rings is 2. The maximum atomic E-state index is 11.3. The molecule has 0 aromatic heterocycles. The van der Waals surface area contributed by atoms with E-state index in [1.54, 1.807) is 6.92 Å². The Morgan fingerprint density at radius 3 is 1.90 bits per heavy atom. The monoisotopic (exact) mass is 409 g/mol. The minimum atomic E-state index is -1.26. The van der Waals surface area contributed by atoms with Gasteiger partial charge in [-0.1, -0.05) is 54.6 Å². The van der Waals surface area contributed by atoms with Crippen LogP contribution in [0.3, 0.4) is 0 Å². The van der Waals surface area contributed by atoms with E-state index in [-0.39, 0.29) is 5.78 Å². The zero-order chi connectivity index (χ0) is 21.9. The molecule has 6 nitrogen and oxygen atoms in total. The van der Waals surface area contributed by atoms with Gasteiger partial charge >= 0.3 is 11.9 Å². The molecule has 1 aliphatic rings. The van der Waals surface area contributed by atoms with E-state index in [2.05, 4.69) is 47.4 Å². The van der Waals surface area contributed by atoms with Gasteiger partial charge in [0.15, 0.2) is 5.78 Å². The van der Waals surface area contributed by atoms with Gasteiger partial charge in [0.25, 0.3) is 0 Å². The molecule has 0 unspecified atom stereocenters. The summed E-state index contributed by atoms with van der Waals surface area (Å²) in [5.41, 5.74) is 3.58. The van der Waals surface area contributed by atoms with Gasteiger partial charge in [0.05, 0.1) is 0 Å². The fourth-order valence-electron chi connectivity index (χ4n) is 3.40. The summed E-state index contributed by atoms with van der Waals surface area (Å²) in [7, 11) is 0. The molecule has 2 aromatic carbocycles. The topological polar surface area (TPSA) is 94.9 Å². The molecule has 30 heavy (non-hydrogen) atoms. The van der Waals surface area contributed by atoms with Gasteiger partial charge in [0, 0.05) is 24.3 Å². The van der Waals surface area contributed by atoms with Crippen LogP contribution < -0.4 is 0 Å². The molecular formula is C24H27NO5. The Kier molecular flexibility index (Phi) is 8.97. The Balaban J connectivity index is 0.000000343. The smallest absolute Gasteiger partial charge is 0.328 e. The van der Waals surface area contributed by atoms with E-state index in [0.717, 1.165) is 25.2 Å². The van der Waals surface area contributed by atoms with Gasteiger partial charge in [-0.3, -0.25) is 9.69 Å². The number of likely N-dealkylation sites (tertiary alicyclic amines) is 1. The van der Waals surface area contributed by atoms with E-state index in [4.69, 9.17) is 10.2 Å². The summed E-state index contributed by atoms with van der Waals surface area (Å²) in [6.45, 7) is 4.97. The number of aliphatic carboxylic acids is 2. The van der Waals surface area contributed by atoms with Gasteiger partial charge in [0.2, 0.25) is 0 Å². The first-order chi connectivity index (χ1) is 14.3. The molecule has 0 radical (unpaired) electrons. The average molecular weight is 409 g/mol. The number of rotatable bonds is 6. The van der Waals surface area contributed by atoms with Gasteiger partial charge in [-0.2, -0.15) is 0 Å². The Morgan fingerprint density at radius 1 is 0.900 bits per heavy atom. The van der Waals surface area contributed by atoms with Crippen molar-refractivity contribution in [2.75, 3.05) is 13.1 Å². The predicted octanol–water partition coefficient (Wildman–Crippen LogP) is 3.98. The van der Waals surface area contributed by atoms with E-state index in [1.165, 1.54) is 24.0 Å². The lowest BCUT2D eigenvalue weighted by Gasteiger charge is -2.32. The van der Waals surface area contributed by atoms with Crippen LogP contribution in [0.1, 0.15) is 47.2 Å². The van der Waals surface area contributed by atoms with Crippen molar-refractivity contribution < 1.29 is 24.6 Å². The van der Waals surface area contributed by atoms with E-state index < -0.39 is 11.9 Å². The van der Waals surface area contributed by atoms with Crippen molar-refractivity contribution in [2.45, 2.75) is 32.2 Å². The molecule has 2 aromatic rings. The molecule has 0 spiro atoms. The minimum absolute atomic E-state index is 0.143. The number of carbonyl (C=O) groups excluding carboxylic acids is 1. The first-order valence-electron chi connectivity index (χ1n) is 9.86. The summed E-state index contributed by atoms with van der Waals surface area (Å²) in [6.07, 6.45) is 3.52. The third-order valence-corrected chi connectivity index (χ3v) is 4.99. The molecule has 6 heteroatoms. The molecule has 0 amide bonds. The Labute approximate surface area is 176 Å². The van der Waals surface area contributed by atoms with Crippen LogP contribution in [0, 0.1) is 0 Å². The maximum Gasteiger partial charge on any atom is 0.328 e. The lowest BCUT2D eigenvalue weighted by atomic mass is 9.88. The van der Waals surface area contributed by atoms with Gasteiger partial charge < -0.3 is 10.2 Å². The number of Topliss-reactive ketones (excluding diaryl/α,β-unsaturated/α-hetero) is 1. The molecule has 1 aliphatic heterocycles. The number of carboxylic acids is 2. The molecule has 1 heterocycles. The van der Waals surface area contributed by atoms with Crippen molar-refractivity contribution in [2.24, 2.45) is 0 Å². The molecule has 2 N–H and O–H groups in total. The van der Waals surface area contributed by atoms with Crippen LogP contribution in [0.5, 0.6) is 0 Å². The molecule has 0 bridgehead atoms. The number of nitrogens with zero attached hydrogens (tertiary/aromatic N) is 1. The Hall–Kier alpha value is -3.25. The first kappa shape index (κ1) is 23.0. The van der Waals surface area contributed by atoms with Crippen LogP contribution in [0.4, 0.5) is 0 Å². The number of ketones is 1. The lowest BCUT2D eigenvalue weighted by molar-refractivity contribution is -0.134. The fraction of sp³-hybridized carbons (Fsp3) is 0.292. The van der Waals surface area contributed by atoms with Crippen molar-refractivity contribution in [1.29, 1.82) is 0 Å². The van der Waals surface area contributed by atoms with Crippen molar-refractivity contribution in [3.8, 4) is 0 Å². The SMILES string of the molecule is CC(=O)c1ccc(C2CCN(Cc3ccccc3)CC2)cc1.O=C(O)/C=C/C(=O)O. The zero-order valence-electron chi connectivity index (χ0n) is 17.0. The van der Waals surface area contributed by atoms with Gasteiger partial charge in [-0.25, -0.2) is 9.59 Å². The van der Waals surface area contributed by atoms with Crippen LogP contribution in [0.25, 0.3) is 0 Å². The summed E-state index contributed by atoms with van der Waals surface area (Å²) < 4.78 is 0. The standard InChI is InChI=1S/C20H23NO.C4H4O4/c1-16(22)18-7-9-19(10-8-18)20-11-13-21(14-12-20)15-17-5-3-2-4-6-17;5-3(6)1-2-4(7)8/h2-10,20H,11-15H2,1H3;1-2H,(H,5,6)(H,7,8)/b;2-1+. The Bertz CT molecular complexity index is 850. The maximum absolute atomic E-state index is 11.3. The van der Waals surface area contributed by atoms with Gasteiger partial charge in [0.1, 0.15) is 0 Å². The number of hydrogen-bond donors (Lipinski definition) is 2. The molecule has 0 saturated carbocycles. The zero-order valence-corrected chi connectivity index (χ0v) is 17.0. The van der Waals surface area contributed by atoms with Crippen LogP contribution >= 0.6 is 0 Å². The molecule has 158 valence electrons. The van der Waals surface area contributed by atoms with Gasteiger partial charge in [-0.05, 0) is 49.9 Å². The van der Waals surface area contributed by atoms with E-state index in [9.17, 15) is 14.4 Å². The molecule has 1 saturated heterocycles. The van der Waals surface area contributed by atoms with Crippen LogP contribution in [-0.2, 0) is 16.1 Å². The minimum Gasteiger partial charge on any atom is -0.478 e. The number of carboxylic acid groups (broad SMARTS) is 2. The quantitative estimate of drug-likeness (QED) is 0.554. The third kappa shape index (κ3) is 8.01. The number of carbonyl (C=O) groups is 3. The highest BCUT2D eigenvalue weighted by Gasteiger charge is 2.20. The second kappa shape index (κ2) is 11.7. The first-order valence-corrected chi connectivity index (χ1v) is 9.86. The van der Waals surface area contributed by atoms with E-state index >= 15 is 0 Å². The van der Waals surface area contributed by atoms with Crippen LogP contribution in [0.2, 0.25) is 0 Å². The van der Waals surface area contributed by atoms with Crippen molar-refractivity contribution >= 4 is 17.7 Å². The summed E-state index contributed by atoms with van der Waals surface area (Å²) >= 11 is 0. The average Bonchev–Trinajstić information content (AvgIpc) is 2.74. The second-order valence-corrected chi connectivity index (χ2v) is 7.22. The van der Waals surface area contributed by atoms with Crippen molar-refractivity contribution in [1.82, 2.24) is 4.90 Å². The number of piperidine rings is 1. The van der Waals surface area contributed by atoms with Gasteiger partial charge in [-0.15, -0.1) is 0 Å². The lowest BCUT2D eigenvalue weighted by Crippen LogP contribution is -2.32. The predicted molar refractivity (Wildman–Crippen MR) is 115 cm³/mol. The fourth-order valence-corrected chi connectivity index (χ4v) is 3.40. The largest absolute Gasteiger partial charge is 0.478 e. The summed E-state index contributed by atoms with van der Waals surface area (Å²) in [5, 5.41) is 15.6. The van der Waals surface area contributed by atoms with Crippen molar-refractivity contribution in [3.63, 3.8) is 0 Å². The highest BCUT2D eigenvalue weighted by atomic mass is 16.4. The molecular weight excluding hydrogens is 382 g/mol. The Morgan fingerprint density at radius 2 is 1.43 bits per heavy atom. The molecule has 1 fully saturated rings. The summed E-state index contributed by atoms with van der Waals surface area (Å²) in [6, 6.07) is 18.9. The third-order valence-electron chi connectivity index (χ3n) is 4.99. The highest BCUT2D eigenvalue weighted by molar-refractivity contribution is 5.94. The van der Waals surface area contributed by atoms with E-state index in [0.29, 0.717) is 18.1 Å². The van der Waals surface area contributed by atoms with Crippen LogP contribution in [0.15, 0.2) is 66.7 Å². The van der Waals surface area contributed by atoms with Crippen molar-refractivity contribution in [3.05, 3.63) is 83.4 Å². The van der Waals surface area contributed by atoms with E-state index in [1.807, 2.05) is 12.1 Å². The summed E-state index contributed by atoms with van der Waals surface area (Å²) in [5.74, 6) is -1.74. The molecule has 0 aliphatic carbocycles. The van der Waals surface area contributed by atoms with Crippen LogP contribution in [-0.4, -0.2) is 45.9 Å². The highest BCUT2D eigenvalue weighted by Crippen LogP contribution is 2.28. The normalized spacial score (nSPS) is 14.7. The summed E-state index contributed by atoms with van der Waals surface area (Å²) in [4.78, 5) is 33.0. The molecule has 0 atom stereocenters. The second-order valence-electron chi connectivity index (χ2n) is 7.22. The number of hydrogen-bond acceptors (Lipinski definition) is 4. The molecule has 3 rings (SSSR count).